The Morgan fingerprint density at radius 2 is 1.63 bits per heavy atom. The molecule has 21 heteroatoms. The minimum Gasteiger partial charge on any atom is -0.488 e. The Bertz CT molecular complexity index is 2640. The number of nitro benzene ring substituents is 1. The normalized spacial score (nSPS) is 20.8. The van der Waals surface area contributed by atoms with Gasteiger partial charge >= 0.3 is 22.4 Å². The third-order valence-corrected chi connectivity index (χ3v) is 13.2. The molecule has 2 aliphatic carbocycles. The first-order valence-corrected chi connectivity index (χ1v) is 25.1. The molecule has 1 aliphatic heterocycles. The van der Waals surface area contributed by atoms with Crippen molar-refractivity contribution in [1.82, 2.24) is 14.6 Å². The van der Waals surface area contributed by atoms with E-state index in [4.69, 9.17) is 39.5 Å². The number of amides is 2. The van der Waals surface area contributed by atoms with E-state index in [2.05, 4.69) is 11.6 Å². The number of ether oxygens (including phenoxy) is 5. The first-order chi connectivity index (χ1) is 32.8. The van der Waals surface area contributed by atoms with E-state index in [1.54, 1.807) is 72.7 Å². The molecule has 71 heavy (non-hydrogen) atoms. The Labute approximate surface area is 419 Å². The zero-order chi connectivity index (χ0) is 53.1. The fraction of sp³-hybridized carbons (Fsp3) is 0.560. The molecule has 388 valence electrons. The van der Waals surface area contributed by atoms with Gasteiger partial charge in [-0.15, -0.1) is 6.58 Å². The van der Waals surface area contributed by atoms with Crippen molar-refractivity contribution in [2.75, 3.05) is 13.2 Å². The van der Waals surface area contributed by atoms with Gasteiger partial charge in [-0.25, -0.2) is 18.7 Å². The molecule has 0 radical (unpaired) electrons. The van der Waals surface area contributed by atoms with E-state index < -0.39 is 96.6 Å². The van der Waals surface area contributed by atoms with E-state index in [0.717, 1.165) is 0 Å². The van der Waals surface area contributed by atoms with E-state index in [-0.39, 0.29) is 49.5 Å². The molecule has 0 unspecified atom stereocenters. The Kier molecular flexibility index (Phi) is 16.9. The lowest BCUT2D eigenvalue weighted by atomic mass is 9.77. The maximum absolute atomic E-state index is 14.6. The number of carbonyl (C=O) groups excluding carboxylic acids is 5. The first-order valence-electron chi connectivity index (χ1n) is 23.3. The number of hydrogen-bond acceptors (Lipinski definition) is 16. The van der Waals surface area contributed by atoms with Gasteiger partial charge in [-0.3, -0.25) is 29.3 Å². The third kappa shape index (κ3) is 15.3. The molecule has 1 aromatic heterocycles. The number of para-hydroxylation sites is 1. The Morgan fingerprint density at radius 3 is 2.17 bits per heavy atom. The van der Waals surface area contributed by atoms with Crippen molar-refractivity contribution in [3.05, 3.63) is 76.3 Å². The van der Waals surface area contributed by atoms with E-state index in [9.17, 15) is 42.5 Å². The number of fused-ring (bicyclic) bond motifs is 1. The number of carbonyl (C=O) groups is 5. The molecule has 1 saturated heterocycles. The highest BCUT2D eigenvalue weighted by atomic mass is 35.5. The lowest BCUT2D eigenvalue weighted by Gasteiger charge is -2.35. The van der Waals surface area contributed by atoms with Gasteiger partial charge in [0.05, 0.1) is 58.0 Å². The molecule has 2 amide bonds. The average Bonchev–Trinajstić information content (AvgIpc) is 4.10. The second-order valence-electron chi connectivity index (χ2n) is 21.3. The van der Waals surface area contributed by atoms with Gasteiger partial charge in [0, 0.05) is 36.4 Å². The predicted molar refractivity (Wildman–Crippen MR) is 262 cm³/mol. The molecule has 6 rings (SSSR count). The highest BCUT2D eigenvalue weighted by molar-refractivity contribution is 7.85. The first kappa shape index (κ1) is 56.1. The number of non-ortho nitro benzene ring substituents is 1. The molecular weight excluding hydrogens is 964 g/mol. The molecule has 1 N–H and O–H groups in total. The fourth-order valence-corrected chi connectivity index (χ4v) is 9.37. The zero-order valence-corrected chi connectivity index (χ0v) is 43.7. The fourth-order valence-electron chi connectivity index (χ4n) is 7.98. The van der Waals surface area contributed by atoms with Gasteiger partial charge in [0.1, 0.15) is 28.8 Å². The van der Waals surface area contributed by atoms with Crippen molar-refractivity contribution >= 4 is 68.2 Å². The van der Waals surface area contributed by atoms with E-state index >= 15 is 0 Å². The maximum Gasteiger partial charge on any atom is 0.514 e. The largest absolute Gasteiger partial charge is 0.514 e. The monoisotopic (exact) mass is 1030 g/mol. The average molecular weight is 1030 g/mol. The quantitative estimate of drug-likeness (QED) is 0.0435. The number of pyridine rings is 1. The molecule has 19 nitrogen and oxygen atoms in total. The van der Waals surface area contributed by atoms with Gasteiger partial charge in [-0.05, 0) is 110 Å². The van der Waals surface area contributed by atoms with Crippen LogP contribution >= 0.6 is 11.6 Å². The summed E-state index contributed by atoms with van der Waals surface area (Å²) in [4.78, 5) is 83.0. The van der Waals surface area contributed by atoms with Crippen molar-refractivity contribution in [1.29, 1.82) is 0 Å². The minimum absolute atomic E-state index is 0.0185. The maximum atomic E-state index is 14.6. The number of ketones is 1. The number of hydrogen-bond donors (Lipinski definition) is 1. The number of benzene rings is 2. The topological polar surface area (TPSA) is 246 Å². The molecule has 0 spiro atoms. The van der Waals surface area contributed by atoms with Crippen LogP contribution in [0.5, 0.6) is 17.4 Å². The Hall–Kier alpha value is -5.86. The van der Waals surface area contributed by atoms with E-state index in [1.807, 2.05) is 32.4 Å². The number of rotatable bonds is 17. The zero-order valence-electron chi connectivity index (χ0n) is 42.1. The van der Waals surface area contributed by atoms with Crippen LogP contribution in [0.4, 0.5) is 10.5 Å². The van der Waals surface area contributed by atoms with Gasteiger partial charge in [0.15, 0.2) is 5.78 Å². The van der Waals surface area contributed by atoms with Crippen molar-refractivity contribution in [2.24, 2.45) is 22.7 Å². The summed E-state index contributed by atoms with van der Waals surface area (Å²) in [6.45, 7) is 23.5. The van der Waals surface area contributed by atoms with Crippen LogP contribution in [0.3, 0.4) is 0 Å². The summed E-state index contributed by atoms with van der Waals surface area (Å²) in [5.74, 6) is -2.82. The van der Waals surface area contributed by atoms with Crippen LogP contribution in [0.15, 0.2) is 61.2 Å². The number of esters is 1. The number of Topliss-reactive ketones (excluding diaryl/α,β-unsaturated/α-hetero) is 1. The van der Waals surface area contributed by atoms with E-state index in [1.165, 1.54) is 35.2 Å². The van der Waals surface area contributed by atoms with Crippen LogP contribution < -0.4 is 18.9 Å². The van der Waals surface area contributed by atoms with Crippen LogP contribution in [0.1, 0.15) is 115 Å². The van der Waals surface area contributed by atoms with Crippen molar-refractivity contribution in [2.45, 2.75) is 144 Å². The highest BCUT2D eigenvalue weighted by Crippen LogP contribution is 2.57. The third-order valence-electron chi connectivity index (χ3n) is 11.8. The lowest BCUT2D eigenvalue weighted by Crippen LogP contribution is -2.49. The van der Waals surface area contributed by atoms with Crippen LogP contribution in [-0.4, -0.2) is 95.0 Å². The SMILES string of the molecule is C=C[C@@H]1C[C@]1(CC(=O)[C@@H]1C[C@@H](Oc2cc(OCC)nc3c(Cl)cccc23)CN1C(=O)[C@@H](CC(=O)OC(C)(C)C)C(C)(C)C)C(=O)NS(=O)(=O)OC1(C)CC1.CC(C)(C)OC(=O)Oc1ccc([N+](=O)[O-])cc1. The van der Waals surface area contributed by atoms with Gasteiger partial charge < -0.3 is 28.6 Å². The predicted octanol–water partition coefficient (Wildman–Crippen LogP) is 9.02. The second kappa shape index (κ2) is 21.5. The smallest absolute Gasteiger partial charge is 0.488 e. The minimum atomic E-state index is -4.45. The molecule has 0 bridgehead atoms. The Balaban J connectivity index is 0.000000466. The van der Waals surface area contributed by atoms with Gasteiger partial charge in [-0.2, -0.15) is 8.42 Å². The summed E-state index contributed by atoms with van der Waals surface area (Å²) in [6.07, 6.45) is 0.699. The number of nitrogens with zero attached hydrogens (tertiary/aromatic N) is 3. The molecule has 3 aliphatic rings. The van der Waals surface area contributed by atoms with Crippen LogP contribution in [0, 0.1) is 32.8 Å². The summed E-state index contributed by atoms with van der Waals surface area (Å²) < 4.78 is 60.4. The lowest BCUT2D eigenvalue weighted by molar-refractivity contribution is -0.384. The Morgan fingerprint density at radius 1 is 1.00 bits per heavy atom. The molecule has 3 fully saturated rings. The second-order valence-corrected chi connectivity index (χ2v) is 23.0. The van der Waals surface area contributed by atoms with Gasteiger partial charge in [0.25, 0.3) is 5.69 Å². The summed E-state index contributed by atoms with van der Waals surface area (Å²) in [5.41, 5.74) is -4.02. The standard InChI is InChI=1S/C39H52ClN3O10S.C11H13NO5/c1-10-23-20-39(23,35(47)42-54(48,49)53-38(9)15-16-38)21-29(44)28-17-24(51-30-19-31(50-11-2)41-33-25(30)13-12-14-27(33)40)22-43(28)34(46)26(36(3,4)5)18-32(45)52-37(6,7)8;1-11(2,3)17-10(13)16-9-6-4-8(5-7-9)12(14)15/h10,12-14,19,23-24,26,28H,1,11,15-18,20-22H2,2-9H3,(H,42,47);4-7H,1-3H3/t23-,24-,26-,28+,39-;/m1./s1. The van der Waals surface area contributed by atoms with E-state index in [0.29, 0.717) is 41.1 Å². The molecule has 2 saturated carbocycles. The molecule has 2 aromatic carbocycles. The summed E-state index contributed by atoms with van der Waals surface area (Å²) in [5, 5.41) is 11.4. The summed E-state index contributed by atoms with van der Waals surface area (Å²) in [6, 6.07) is 11.0. The molecular formula is C50H65ClN4O15S. The van der Waals surface area contributed by atoms with Crippen molar-refractivity contribution in [3.63, 3.8) is 0 Å². The van der Waals surface area contributed by atoms with Crippen molar-refractivity contribution in [3.8, 4) is 17.4 Å². The molecule has 3 aromatic rings. The number of halogens is 1. The van der Waals surface area contributed by atoms with Gasteiger partial charge in [0.2, 0.25) is 17.7 Å². The number of nitrogens with one attached hydrogen (secondary N) is 1. The number of allylic oxidation sites excluding steroid dienone is 1. The molecule has 5 atom stereocenters. The molecule has 2 heterocycles. The number of nitro groups is 1. The summed E-state index contributed by atoms with van der Waals surface area (Å²) in [7, 11) is -4.45. The number of likely N-dealkylation sites (tertiary alicyclic amines) is 1. The summed E-state index contributed by atoms with van der Waals surface area (Å²) >= 11 is 6.50. The number of aromatic nitrogens is 1. The van der Waals surface area contributed by atoms with Crippen LogP contribution in [0.2, 0.25) is 5.02 Å². The van der Waals surface area contributed by atoms with Gasteiger partial charge in [-0.1, -0.05) is 44.5 Å². The van der Waals surface area contributed by atoms with Crippen LogP contribution in [0.25, 0.3) is 10.9 Å². The van der Waals surface area contributed by atoms with Crippen LogP contribution in [-0.2, 0) is 43.1 Å². The van der Waals surface area contributed by atoms with Crippen molar-refractivity contribution < 1.29 is 65.2 Å². The highest BCUT2D eigenvalue weighted by Gasteiger charge is 2.61.